The minimum atomic E-state index is -0.0489. The maximum absolute atomic E-state index is 6.86. The molecule has 0 spiro atoms. The quantitative estimate of drug-likeness (QED) is 0.361. The molecule has 0 N–H and O–H groups in total. The van der Waals surface area contributed by atoms with Crippen LogP contribution in [0, 0.1) is 23.7 Å². The smallest absolute Gasteiger partial charge is 0.0662 e. The number of ether oxygens (including phenoxy) is 1. The van der Waals surface area contributed by atoms with E-state index in [0.29, 0.717) is 11.8 Å². The van der Waals surface area contributed by atoms with E-state index in [0.717, 1.165) is 11.8 Å². The third kappa shape index (κ3) is 8.57. The van der Waals surface area contributed by atoms with E-state index in [-0.39, 0.29) is 11.2 Å². The molecule has 1 heteroatoms. The van der Waals surface area contributed by atoms with Crippen LogP contribution in [0.1, 0.15) is 108 Å². The molecule has 0 radical (unpaired) electrons. The van der Waals surface area contributed by atoms with Gasteiger partial charge in [0.1, 0.15) is 0 Å². The van der Waals surface area contributed by atoms with E-state index in [1.165, 1.54) is 38.5 Å². The summed E-state index contributed by atoms with van der Waals surface area (Å²) in [6.45, 7) is 23.3. The molecule has 0 aliphatic heterocycles. The first-order valence-corrected chi connectivity index (χ1v) is 10.2. The van der Waals surface area contributed by atoms with Crippen LogP contribution in [0.2, 0.25) is 0 Å². The van der Waals surface area contributed by atoms with Gasteiger partial charge in [0, 0.05) is 0 Å². The Balaban J connectivity index is 5.16. The second kappa shape index (κ2) is 10.1. The van der Waals surface area contributed by atoms with Crippen molar-refractivity contribution in [3.05, 3.63) is 0 Å². The molecule has 23 heavy (non-hydrogen) atoms. The lowest BCUT2D eigenvalue weighted by molar-refractivity contribution is -0.179. The van der Waals surface area contributed by atoms with Gasteiger partial charge in [0.15, 0.2) is 0 Å². The summed E-state index contributed by atoms with van der Waals surface area (Å²) in [5.41, 5.74) is -0.0977. The fourth-order valence-electron chi connectivity index (χ4n) is 4.18. The van der Waals surface area contributed by atoms with Crippen LogP contribution in [0.5, 0.6) is 0 Å². The maximum Gasteiger partial charge on any atom is 0.0662 e. The summed E-state index contributed by atoms with van der Waals surface area (Å²) in [6, 6.07) is 0. The van der Waals surface area contributed by atoms with E-state index in [2.05, 4.69) is 69.2 Å². The van der Waals surface area contributed by atoms with Crippen molar-refractivity contribution in [2.24, 2.45) is 23.7 Å². The summed E-state index contributed by atoms with van der Waals surface area (Å²) < 4.78 is 6.86. The normalized spacial score (nSPS) is 16.2. The summed E-state index contributed by atoms with van der Waals surface area (Å²) in [4.78, 5) is 0. The molecule has 0 bridgehead atoms. The average molecular weight is 327 g/mol. The molecule has 0 aliphatic carbocycles. The summed E-state index contributed by atoms with van der Waals surface area (Å²) in [6.07, 6.45) is 7.55. The van der Waals surface area contributed by atoms with Crippen molar-refractivity contribution in [2.45, 2.75) is 119 Å². The van der Waals surface area contributed by atoms with E-state index in [1.54, 1.807) is 0 Å². The molecule has 0 fully saturated rings. The van der Waals surface area contributed by atoms with Crippen molar-refractivity contribution >= 4 is 0 Å². The SMILES string of the molecule is CCCC(CC(C)C)C(C)(C)OC(C)(C)C(CCC)CC(C)C. The summed E-state index contributed by atoms with van der Waals surface area (Å²) >= 11 is 0. The average Bonchev–Trinajstić information content (AvgIpc) is 2.35. The molecule has 2 atom stereocenters. The third-order valence-electron chi connectivity index (χ3n) is 5.28. The zero-order valence-electron chi connectivity index (χ0n) is 18.0. The van der Waals surface area contributed by atoms with Crippen LogP contribution in [-0.4, -0.2) is 11.2 Å². The molecule has 0 saturated carbocycles. The van der Waals surface area contributed by atoms with E-state index in [9.17, 15) is 0 Å². The van der Waals surface area contributed by atoms with Crippen LogP contribution in [0.25, 0.3) is 0 Å². The Morgan fingerprint density at radius 1 is 0.652 bits per heavy atom. The molecule has 1 nitrogen and oxygen atoms in total. The standard InChI is InChI=1S/C22H46O/c1-11-13-19(15-17(3)4)21(7,8)23-22(9,10)20(14-12-2)16-18(5)6/h17-20H,11-16H2,1-10H3. The lowest BCUT2D eigenvalue weighted by Gasteiger charge is -2.45. The monoisotopic (exact) mass is 326 g/mol. The van der Waals surface area contributed by atoms with Crippen LogP contribution in [0.15, 0.2) is 0 Å². The first kappa shape index (κ1) is 23.0. The summed E-state index contributed by atoms with van der Waals surface area (Å²) in [5.74, 6) is 2.76. The Kier molecular flexibility index (Phi) is 10.0. The van der Waals surface area contributed by atoms with Gasteiger partial charge in [0.2, 0.25) is 0 Å². The molecule has 0 aromatic carbocycles. The zero-order chi connectivity index (χ0) is 18.3. The van der Waals surface area contributed by atoms with Gasteiger partial charge in [-0.25, -0.2) is 0 Å². The van der Waals surface area contributed by atoms with E-state index < -0.39 is 0 Å². The van der Waals surface area contributed by atoms with E-state index >= 15 is 0 Å². The molecule has 0 aromatic rings. The third-order valence-corrected chi connectivity index (χ3v) is 5.28. The summed E-state index contributed by atoms with van der Waals surface area (Å²) in [5, 5.41) is 0. The fraction of sp³-hybridized carbons (Fsp3) is 1.00. The Hall–Kier alpha value is -0.0400. The van der Waals surface area contributed by atoms with Gasteiger partial charge in [-0.2, -0.15) is 0 Å². The maximum atomic E-state index is 6.86. The highest BCUT2D eigenvalue weighted by Gasteiger charge is 2.39. The Labute approximate surface area is 148 Å². The Morgan fingerprint density at radius 3 is 1.17 bits per heavy atom. The first-order chi connectivity index (χ1) is 10.5. The molecule has 0 heterocycles. The van der Waals surface area contributed by atoms with Gasteiger partial charge in [-0.1, -0.05) is 54.4 Å². The highest BCUT2D eigenvalue weighted by molar-refractivity contribution is 4.88. The molecular formula is C22H46O. The van der Waals surface area contributed by atoms with Crippen LogP contribution in [0.3, 0.4) is 0 Å². The molecular weight excluding hydrogens is 280 g/mol. The Bertz CT molecular complexity index is 271. The highest BCUT2D eigenvalue weighted by Crippen LogP contribution is 2.39. The van der Waals surface area contributed by atoms with Crippen molar-refractivity contribution in [2.75, 3.05) is 0 Å². The van der Waals surface area contributed by atoms with Gasteiger partial charge < -0.3 is 4.74 Å². The largest absolute Gasteiger partial charge is 0.369 e. The minimum absolute atomic E-state index is 0.0489. The van der Waals surface area contributed by atoms with Crippen LogP contribution >= 0.6 is 0 Å². The van der Waals surface area contributed by atoms with Gasteiger partial charge in [-0.05, 0) is 77.0 Å². The van der Waals surface area contributed by atoms with Gasteiger partial charge in [-0.3, -0.25) is 0 Å². The molecule has 0 saturated heterocycles. The molecule has 2 unspecified atom stereocenters. The number of rotatable bonds is 12. The predicted octanol–water partition coefficient (Wildman–Crippen LogP) is 7.49. The van der Waals surface area contributed by atoms with Gasteiger partial charge >= 0.3 is 0 Å². The topological polar surface area (TPSA) is 9.23 Å². The van der Waals surface area contributed by atoms with Gasteiger partial charge in [-0.15, -0.1) is 0 Å². The second-order valence-corrected chi connectivity index (χ2v) is 9.54. The molecule has 0 aromatic heterocycles. The van der Waals surface area contributed by atoms with Crippen molar-refractivity contribution in [3.8, 4) is 0 Å². The van der Waals surface area contributed by atoms with Gasteiger partial charge in [0.25, 0.3) is 0 Å². The van der Waals surface area contributed by atoms with Crippen molar-refractivity contribution in [1.29, 1.82) is 0 Å². The summed E-state index contributed by atoms with van der Waals surface area (Å²) in [7, 11) is 0. The van der Waals surface area contributed by atoms with Crippen LogP contribution in [0.4, 0.5) is 0 Å². The van der Waals surface area contributed by atoms with Crippen LogP contribution < -0.4 is 0 Å². The molecule has 140 valence electrons. The number of hydrogen-bond acceptors (Lipinski definition) is 1. The zero-order valence-corrected chi connectivity index (χ0v) is 18.0. The fourth-order valence-corrected chi connectivity index (χ4v) is 4.18. The van der Waals surface area contributed by atoms with Crippen molar-refractivity contribution in [1.82, 2.24) is 0 Å². The highest BCUT2D eigenvalue weighted by atomic mass is 16.5. The minimum Gasteiger partial charge on any atom is -0.369 e. The lowest BCUT2D eigenvalue weighted by Crippen LogP contribution is -2.47. The van der Waals surface area contributed by atoms with Crippen molar-refractivity contribution < 1.29 is 4.74 Å². The molecule has 0 amide bonds. The van der Waals surface area contributed by atoms with E-state index in [4.69, 9.17) is 4.74 Å². The predicted molar refractivity (Wildman–Crippen MR) is 105 cm³/mol. The van der Waals surface area contributed by atoms with Crippen LogP contribution in [-0.2, 0) is 4.74 Å². The van der Waals surface area contributed by atoms with Crippen molar-refractivity contribution in [3.63, 3.8) is 0 Å². The van der Waals surface area contributed by atoms with Gasteiger partial charge in [0.05, 0.1) is 11.2 Å². The molecule has 0 rings (SSSR count). The molecule has 0 aliphatic rings. The van der Waals surface area contributed by atoms with E-state index in [1.807, 2.05) is 0 Å². The second-order valence-electron chi connectivity index (χ2n) is 9.54. The first-order valence-electron chi connectivity index (χ1n) is 10.2. The Morgan fingerprint density at radius 2 is 0.957 bits per heavy atom. The number of hydrogen-bond donors (Lipinski definition) is 0. The lowest BCUT2D eigenvalue weighted by atomic mass is 9.77.